The predicted octanol–water partition coefficient (Wildman–Crippen LogP) is 4.22. The number of carbonyl (C=O) groups excluding carboxylic acids is 2. The summed E-state index contributed by atoms with van der Waals surface area (Å²) >= 11 is 0. The Morgan fingerprint density at radius 3 is 2.08 bits per heavy atom. The van der Waals surface area contributed by atoms with E-state index in [0.29, 0.717) is 12.1 Å². The lowest BCUT2D eigenvalue weighted by atomic mass is 10.1. The Labute approximate surface area is 220 Å². The summed E-state index contributed by atoms with van der Waals surface area (Å²) in [5.74, 6) is -0.801. The number of sulfonamides is 1. The van der Waals surface area contributed by atoms with Crippen molar-refractivity contribution in [2.24, 2.45) is 0 Å². The molecule has 1 unspecified atom stereocenters. The molecule has 0 aromatic heterocycles. The molecule has 0 spiro atoms. The van der Waals surface area contributed by atoms with Crippen LogP contribution in [-0.2, 0) is 32.6 Å². The molecular formula is C29H35N3O4S. The third-order valence-corrected chi connectivity index (χ3v) is 8.32. The second kappa shape index (κ2) is 12.1. The summed E-state index contributed by atoms with van der Waals surface area (Å²) in [5.41, 5.74) is 4.04. The van der Waals surface area contributed by atoms with Gasteiger partial charge in [-0.25, -0.2) is 8.42 Å². The van der Waals surface area contributed by atoms with E-state index in [0.717, 1.165) is 22.3 Å². The van der Waals surface area contributed by atoms with Gasteiger partial charge in [-0.2, -0.15) is 0 Å². The van der Waals surface area contributed by atoms with Crippen LogP contribution in [0.5, 0.6) is 0 Å². The lowest BCUT2D eigenvalue weighted by molar-refractivity contribution is -0.139. The molecule has 0 saturated carbocycles. The van der Waals surface area contributed by atoms with Crippen LogP contribution < -0.4 is 9.62 Å². The number of nitrogens with one attached hydrogen (secondary N) is 1. The highest BCUT2D eigenvalue weighted by atomic mass is 32.2. The molecule has 2 amide bonds. The van der Waals surface area contributed by atoms with E-state index in [9.17, 15) is 18.0 Å². The Hall–Kier alpha value is -3.65. The molecular weight excluding hydrogens is 486 g/mol. The van der Waals surface area contributed by atoms with E-state index in [2.05, 4.69) is 5.32 Å². The highest BCUT2D eigenvalue weighted by Gasteiger charge is 2.33. The molecule has 0 radical (unpaired) electrons. The van der Waals surface area contributed by atoms with E-state index in [4.69, 9.17) is 0 Å². The van der Waals surface area contributed by atoms with Gasteiger partial charge >= 0.3 is 0 Å². The standard InChI is InChI=1S/C29H35N3O4S/c1-6-24-12-9-10-14-27(24)32(37(35,36)26-17-15-21(2)16-18-26)20-28(33)31(23(4)29(34)30-5)19-25-13-8-7-11-22(25)3/h7-18,23H,6,19-20H2,1-5H3,(H,30,34). The van der Waals surface area contributed by atoms with Crippen LogP contribution in [-0.4, -0.2) is 44.8 Å². The number of likely N-dealkylation sites (N-methyl/N-ethyl adjacent to an activating group) is 1. The largest absolute Gasteiger partial charge is 0.357 e. The van der Waals surface area contributed by atoms with Crippen molar-refractivity contribution < 1.29 is 18.0 Å². The fourth-order valence-corrected chi connectivity index (χ4v) is 5.62. The van der Waals surface area contributed by atoms with Gasteiger partial charge in [0.1, 0.15) is 12.6 Å². The molecule has 7 nitrogen and oxygen atoms in total. The molecule has 37 heavy (non-hydrogen) atoms. The van der Waals surface area contributed by atoms with Crippen molar-refractivity contribution in [2.45, 2.75) is 51.6 Å². The minimum atomic E-state index is -4.08. The van der Waals surface area contributed by atoms with E-state index >= 15 is 0 Å². The van der Waals surface area contributed by atoms with Crippen molar-refractivity contribution in [1.29, 1.82) is 0 Å². The lowest BCUT2D eigenvalue weighted by Crippen LogP contribution is -2.51. The van der Waals surface area contributed by atoms with Gasteiger partial charge in [0.05, 0.1) is 10.6 Å². The zero-order valence-electron chi connectivity index (χ0n) is 22.1. The molecule has 0 heterocycles. The minimum absolute atomic E-state index is 0.0987. The predicted molar refractivity (Wildman–Crippen MR) is 147 cm³/mol. The summed E-state index contributed by atoms with van der Waals surface area (Å²) in [6.07, 6.45) is 0.589. The number of para-hydroxylation sites is 1. The number of benzene rings is 3. The maximum Gasteiger partial charge on any atom is 0.264 e. The SMILES string of the molecule is CCc1ccccc1N(CC(=O)N(Cc1ccccc1C)C(C)C(=O)NC)S(=O)(=O)c1ccc(C)cc1. The van der Waals surface area contributed by atoms with Gasteiger partial charge in [0.2, 0.25) is 11.8 Å². The van der Waals surface area contributed by atoms with Gasteiger partial charge < -0.3 is 10.2 Å². The summed E-state index contributed by atoms with van der Waals surface area (Å²) < 4.78 is 29.0. The molecule has 196 valence electrons. The Kier molecular flexibility index (Phi) is 9.10. The minimum Gasteiger partial charge on any atom is -0.357 e. The van der Waals surface area contributed by atoms with Gasteiger partial charge in [0.25, 0.3) is 10.0 Å². The number of hydrogen-bond donors (Lipinski definition) is 1. The van der Waals surface area contributed by atoms with Crippen LogP contribution in [0.25, 0.3) is 0 Å². The number of hydrogen-bond acceptors (Lipinski definition) is 4. The number of aryl methyl sites for hydroxylation is 3. The van der Waals surface area contributed by atoms with Crippen LogP contribution in [0.4, 0.5) is 5.69 Å². The van der Waals surface area contributed by atoms with Crippen molar-refractivity contribution in [3.63, 3.8) is 0 Å². The number of nitrogens with zero attached hydrogens (tertiary/aromatic N) is 2. The Balaban J connectivity index is 2.08. The Bertz CT molecular complexity index is 1350. The summed E-state index contributed by atoms with van der Waals surface area (Å²) in [4.78, 5) is 28.0. The highest BCUT2D eigenvalue weighted by molar-refractivity contribution is 7.92. The lowest BCUT2D eigenvalue weighted by Gasteiger charge is -2.32. The van der Waals surface area contributed by atoms with Crippen molar-refractivity contribution in [3.8, 4) is 0 Å². The molecule has 0 aliphatic carbocycles. The number of rotatable bonds is 10. The van der Waals surface area contributed by atoms with E-state index in [1.165, 1.54) is 16.3 Å². The van der Waals surface area contributed by atoms with Crippen molar-refractivity contribution in [3.05, 3.63) is 95.1 Å². The molecule has 3 aromatic rings. The van der Waals surface area contributed by atoms with E-state index in [-0.39, 0.29) is 17.3 Å². The van der Waals surface area contributed by atoms with Gasteiger partial charge in [-0.3, -0.25) is 13.9 Å². The number of amides is 2. The van der Waals surface area contributed by atoms with Crippen molar-refractivity contribution in [1.82, 2.24) is 10.2 Å². The van der Waals surface area contributed by atoms with Gasteiger partial charge in [-0.05, 0) is 62.1 Å². The smallest absolute Gasteiger partial charge is 0.264 e. The van der Waals surface area contributed by atoms with Gasteiger partial charge in [-0.1, -0.05) is 67.1 Å². The summed E-state index contributed by atoms with van der Waals surface area (Å²) in [6.45, 7) is 7.14. The van der Waals surface area contributed by atoms with Crippen LogP contribution >= 0.6 is 0 Å². The molecule has 3 rings (SSSR count). The van der Waals surface area contributed by atoms with Crippen LogP contribution in [0.1, 0.15) is 36.1 Å². The Morgan fingerprint density at radius 2 is 1.49 bits per heavy atom. The molecule has 8 heteroatoms. The molecule has 0 saturated heterocycles. The molecule has 1 atom stereocenters. The van der Waals surface area contributed by atoms with Crippen molar-refractivity contribution >= 4 is 27.5 Å². The van der Waals surface area contributed by atoms with Gasteiger partial charge in [-0.15, -0.1) is 0 Å². The average molecular weight is 522 g/mol. The third kappa shape index (κ3) is 6.38. The summed E-state index contributed by atoms with van der Waals surface area (Å²) in [7, 11) is -2.56. The molecule has 0 aliphatic heterocycles. The van der Waals surface area contributed by atoms with Crippen LogP contribution in [0.2, 0.25) is 0 Å². The fourth-order valence-electron chi connectivity index (χ4n) is 4.17. The monoisotopic (exact) mass is 521 g/mol. The first-order valence-corrected chi connectivity index (χ1v) is 13.8. The van der Waals surface area contributed by atoms with E-state index in [1.807, 2.05) is 57.2 Å². The average Bonchev–Trinajstić information content (AvgIpc) is 2.90. The van der Waals surface area contributed by atoms with Gasteiger partial charge in [0.15, 0.2) is 0 Å². The molecule has 0 aliphatic rings. The molecule has 0 bridgehead atoms. The fraction of sp³-hybridized carbons (Fsp3) is 0.310. The van der Waals surface area contributed by atoms with Crippen molar-refractivity contribution in [2.75, 3.05) is 17.9 Å². The normalized spacial score (nSPS) is 12.0. The topological polar surface area (TPSA) is 86.8 Å². The summed E-state index contributed by atoms with van der Waals surface area (Å²) in [6, 6.07) is 20.6. The van der Waals surface area contributed by atoms with Crippen LogP contribution in [0.15, 0.2) is 77.7 Å². The third-order valence-electron chi connectivity index (χ3n) is 6.54. The maximum absolute atomic E-state index is 13.9. The van der Waals surface area contributed by atoms with E-state index < -0.39 is 28.5 Å². The zero-order chi connectivity index (χ0) is 27.2. The zero-order valence-corrected chi connectivity index (χ0v) is 22.9. The van der Waals surface area contributed by atoms with Crippen LogP contribution in [0, 0.1) is 13.8 Å². The molecule has 1 N–H and O–H groups in total. The maximum atomic E-state index is 13.9. The first kappa shape index (κ1) is 27.9. The molecule has 0 fully saturated rings. The quantitative estimate of drug-likeness (QED) is 0.433. The highest BCUT2D eigenvalue weighted by Crippen LogP contribution is 2.28. The van der Waals surface area contributed by atoms with Crippen LogP contribution in [0.3, 0.4) is 0 Å². The first-order valence-electron chi connectivity index (χ1n) is 12.3. The number of carbonyl (C=O) groups is 2. The first-order chi connectivity index (χ1) is 17.6. The summed E-state index contributed by atoms with van der Waals surface area (Å²) in [5, 5.41) is 2.60. The Morgan fingerprint density at radius 1 is 0.892 bits per heavy atom. The second-order valence-electron chi connectivity index (χ2n) is 9.05. The second-order valence-corrected chi connectivity index (χ2v) is 10.9. The van der Waals surface area contributed by atoms with Gasteiger partial charge in [0, 0.05) is 13.6 Å². The number of anilines is 1. The van der Waals surface area contributed by atoms with E-state index in [1.54, 1.807) is 43.3 Å². The molecule has 3 aromatic carbocycles.